The summed E-state index contributed by atoms with van der Waals surface area (Å²) in [7, 11) is 0. The molecule has 0 saturated carbocycles. The molecule has 0 unspecified atom stereocenters. The highest BCUT2D eigenvalue weighted by Crippen LogP contribution is 2.31. The molecule has 0 aliphatic heterocycles. The van der Waals surface area contributed by atoms with Crippen LogP contribution in [0, 0.1) is 6.92 Å². The number of H-pyrrole nitrogens is 1. The van der Waals surface area contributed by atoms with Gasteiger partial charge in [-0.1, -0.05) is 35.9 Å². The maximum absolute atomic E-state index is 12.9. The third-order valence-electron chi connectivity index (χ3n) is 5.19. The number of para-hydroxylation sites is 2. The van der Waals surface area contributed by atoms with E-state index in [0.717, 1.165) is 33.3 Å². The Bertz CT molecular complexity index is 1370. The molecule has 0 aliphatic rings. The summed E-state index contributed by atoms with van der Waals surface area (Å²) >= 11 is 8.09. The van der Waals surface area contributed by atoms with Crippen LogP contribution in [0.4, 0.5) is 5.69 Å². The van der Waals surface area contributed by atoms with Crippen molar-refractivity contribution in [3.8, 4) is 22.5 Å². The Balaban J connectivity index is 1.42. The lowest BCUT2D eigenvalue weighted by Crippen LogP contribution is -2.13. The highest BCUT2D eigenvalue weighted by atomic mass is 35.5. The average Bonchev–Trinajstić information content (AvgIpc) is 3.45. The van der Waals surface area contributed by atoms with Gasteiger partial charge >= 0.3 is 0 Å². The van der Waals surface area contributed by atoms with Gasteiger partial charge in [0.1, 0.15) is 5.82 Å². The number of imidazole rings is 1. The second-order valence-corrected chi connectivity index (χ2v) is 8.48. The summed E-state index contributed by atoms with van der Waals surface area (Å²) in [5, 5.41) is 7.70. The minimum Gasteiger partial charge on any atom is -0.338 e. The predicted octanol–water partition coefficient (Wildman–Crippen LogP) is 7.17. The molecule has 2 heterocycles. The highest BCUT2D eigenvalue weighted by Gasteiger charge is 2.14. The molecule has 5 rings (SSSR count). The number of nitrogens with one attached hydrogen (secondary N) is 2. The van der Waals surface area contributed by atoms with Crippen molar-refractivity contribution in [1.82, 2.24) is 9.97 Å². The van der Waals surface area contributed by atoms with Crippen molar-refractivity contribution in [2.45, 2.75) is 6.92 Å². The van der Waals surface area contributed by atoms with Crippen molar-refractivity contribution in [3.63, 3.8) is 0 Å². The molecule has 1 amide bonds. The predicted molar refractivity (Wildman–Crippen MR) is 129 cm³/mol. The largest absolute Gasteiger partial charge is 0.338 e. The fraction of sp³-hybridized carbons (Fsp3) is 0.0400. The summed E-state index contributed by atoms with van der Waals surface area (Å²) in [6.45, 7) is 1.95. The molecule has 5 aromatic rings. The first-order chi connectivity index (χ1) is 15.1. The van der Waals surface area contributed by atoms with E-state index >= 15 is 0 Å². The molecule has 3 aromatic carbocycles. The maximum Gasteiger partial charge on any atom is 0.255 e. The lowest BCUT2D eigenvalue weighted by Gasteiger charge is -2.11. The molecule has 0 spiro atoms. The van der Waals surface area contributed by atoms with Crippen molar-refractivity contribution in [1.29, 1.82) is 0 Å². The third kappa shape index (κ3) is 3.85. The van der Waals surface area contributed by atoms with E-state index in [2.05, 4.69) is 26.7 Å². The van der Waals surface area contributed by atoms with Crippen LogP contribution in [0.5, 0.6) is 0 Å². The van der Waals surface area contributed by atoms with Crippen LogP contribution in [0.1, 0.15) is 15.9 Å². The Morgan fingerprint density at radius 3 is 2.68 bits per heavy atom. The van der Waals surface area contributed by atoms with Gasteiger partial charge in [0, 0.05) is 16.8 Å². The van der Waals surface area contributed by atoms with Crippen LogP contribution in [0.3, 0.4) is 0 Å². The molecule has 0 bridgehead atoms. The van der Waals surface area contributed by atoms with Crippen LogP contribution in [0.25, 0.3) is 33.5 Å². The number of aromatic amines is 1. The van der Waals surface area contributed by atoms with Gasteiger partial charge in [0.2, 0.25) is 0 Å². The minimum atomic E-state index is -0.160. The molecule has 0 saturated heterocycles. The van der Waals surface area contributed by atoms with E-state index in [1.54, 1.807) is 23.5 Å². The summed E-state index contributed by atoms with van der Waals surface area (Å²) in [5.41, 5.74) is 7.02. The fourth-order valence-electron chi connectivity index (χ4n) is 3.59. The summed E-state index contributed by atoms with van der Waals surface area (Å²) < 4.78 is 0. The van der Waals surface area contributed by atoms with E-state index in [-0.39, 0.29) is 5.91 Å². The molecule has 0 fully saturated rings. The zero-order valence-electron chi connectivity index (χ0n) is 16.6. The van der Waals surface area contributed by atoms with Gasteiger partial charge in [0.15, 0.2) is 0 Å². The molecule has 0 radical (unpaired) electrons. The van der Waals surface area contributed by atoms with Gasteiger partial charge in [-0.25, -0.2) is 4.98 Å². The number of rotatable bonds is 4. The van der Waals surface area contributed by atoms with Crippen LogP contribution in [0.2, 0.25) is 5.02 Å². The molecule has 2 N–H and O–H groups in total. The van der Waals surface area contributed by atoms with Gasteiger partial charge in [0.25, 0.3) is 5.91 Å². The summed E-state index contributed by atoms with van der Waals surface area (Å²) in [4.78, 5) is 20.8. The second-order valence-electron chi connectivity index (χ2n) is 7.29. The highest BCUT2D eigenvalue weighted by molar-refractivity contribution is 7.08. The Morgan fingerprint density at radius 2 is 1.90 bits per heavy atom. The quantitative estimate of drug-likeness (QED) is 0.309. The van der Waals surface area contributed by atoms with Crippen molar-refractivity contribution < 1.29 is 4.79 Å². The molecule has 2 aromatic heterocycles. The number of thiophene rings is 1. The summed E-state index contributed by atoms with van der Waals surface area (Å²) in [5.74, 6) is 0.505. The zero-order chi connectivity index (χ0) is 21.4. The first kappa shape index (κ1) is 19.5. The standard InChI is InChI=1S/C25H18ClN3OS/c1-15-12-16(17-10-11-31-14-17)6-8-19(15)25(30)27-18-7-9-21(26)20(13-18)24-28-22-4-2-3-5-23(22)29-24/h2-14H,1H3,(H,27,30)(H,28,29). The van der Waals surface area contributed by atoms with Gasteiger partial charge < -0.3 is 10.3 Å². The number of benzene rings is 3. The molecule has 4 nitrogen and oxygen atoms in total. The Hall–Kier alpha value is -3.41. The number of aromatic nitrogens is 2. The molecule has 0 aliphatic carbocycles. The van der Waals surface area contributed by atoms with Gasteiger partial charge in [-0.15, -0.1) is 0 Å². The van der Waals surface area contributed by atoms with E-state index in [1.165, 1.54) is 0 Å². The van der Waals surface area contributed by atoms with E-state index in [4.69, 9.17) is 11.6 Å². The molecular weight excluding hydrogens is 426 g/mol. The van der Waals surface area contributed by atoms with Crippen molar-refractivity contribution in [3.05, 3.63) is 93.6 Å². The van der Waals surface area contributed by atoms with Crippen LogP contribution in [-0.2, 0) is 0 Å². The fourth-order valence-corrected chi connectivity index (χ4v) is 4.46. The van der Waals surface area contributed by atoms with Crippen molar-refractivity contribution in [2.75, 3.05) is 5.32 Å². The smallest absolute Gasteiger partial charge is 0.255 e. The van der Waals surface area contributed by atoms with E-state index in [1.807, 2.05) is 60.8 Å². The zero-order valence-corrected chi connectivity index (χ0v) is 18.2. The molecule has 152 valence electrons. The van der Waals surface area contributed by atoms with Gasteiger partial charge in [-0.2, -0.15) is 11.3 Å². The first-order valence-electron chi connectivity index (χ1n) is 9.78. The van der Waals surface area contributed by atoms with Crippen molar-refractivity contribution >= 4 is 45.6 Å². The van der Waals surface area contributed by atoms with Gasteiger partial charge in [-0.3, -0.25) is 4.79 Å². The number of nitrogens with zero attached hydrogens (tertiary/aromatic N) is 1. The second kappa shape index (κ2) is 8.02. The monoisotopic (exact) mass is 443 g/mol. The van der Waals surface area contributed by atoms with Gasteiger partial charge in [-0.05, 0) is 76.8 Å². The van der Waals surface area contributed by atoms with Crippen LogP contribution in [-0.4, -0.2) is 15.9 Å². The third-order valence-corrected chi connectivity index (χ3v) is 6.21. The Kier molecular flexibility index (Phi) is 5.06. The Labute approximate surface area is 188 Å². The molecular formula is C25H18ClN3OS. The summed E-state index contributed by atoms with van der Waals surface area (Å²) in [6, 6.07) is 21.2. The topological polar surface area (TPSA) is 57.8 Å². The van der Waals surface area contributed by atoms with Crippen LogP contribution >= 0.6 is 22.9 Å². The number of carbonyl (C=O) groups is 1. The minimum absolute atomic E-state index is 0.160. The number of amides is 1. The number of aryl methyl sites for hydroxylation is 1. The normalized spacial score (nSPS) is 11.0. The van der Waals surface area contributed by atoms with Gasteiger partial charge in [0.05, 0.1) is 16.1 Å². The first-order valence-corrected chi connectivity index (χ1v) is 11.1. The number of hydrogen-bond donors (Lipinski definition) is 2. The average molecular weight is 444 g/mol. The molecule has 6 heteroatoms. The van der Waals surface area contributed by atoms with E-state index in [0.29, 0.717) is 22.1 Å². The maximum atomic E-state index is 12.9. The number of fused-ring (bicyclic) bond motifs is 1. The lowest BCUT2D eigenvalue weighted by molar-refractivity contribution is 0.102. The number of carbonyl (C=O) groups excluding carboxylic acids is 1. The molecule has 31 heavy (non-hydrogen) atoms. The lowest BCUT2D eigenvalue weighted by atomic mass is 10.0. The van der Waals surface area contributed by atoms with E-state index in [9.17, 15) is 4.79 Å². The van der Waals surface area contributed by atoms with Crippen molar-refractivity contribution in [2.24, 2.45) is 0 Å². The van der Waals surface area contributed by atoms with Crippen LogP contribution < -0.4 is 5.32 Å². The summed E-state index contributed by atoms with van der Waals surface area (Å²) in [6.07, 6.45) is 0. The number of halogens is 1. The number of hydrogen-bond acceptors (Lipinski definition) is 3. The van der Waals surface area contributed by atoms with Crippen LogP contribution in [0.15, 0.2) is 77.5 Å². The number of anilines is 1. The Morgan fingerprint density at radius 1 is 1.03 bits per heavy atom. The molecule has 0 atom stereocenters. The van der Waals surface area contributed by atoms with E-state index < -0.39 is 0 Å². The SMILES string of the molecule is Cc1cc(-c2ccsc2)ccc1C(=O)Nc1ccc(Cl)c(-c2nc3ccccc3[nH]2)c1.